The minimum Gasteiger partial charge on any atom is -0.393 e. The van der Waals surface area contributed by atoms with Gasteiger partial charge in [0.2, 0.25) is 0 Å². The Balaban J connectivity index is 1.73. The number of esters is 2. The van der Waals surface area contributed by atoms with Gasteiger partial charge in [-0.15, -0.1) is 0 Å². The quantitative estimate of drug-likeness (QED) is 0.0980. The number of carbonyl (C=O) groups is 2. The summed E-state index contributed by atoms with van der Waals surface area (Å²) in [5, 5.41) is 0. The Hall–Kier alpha value is -1.12. The first-order chi connectivity index (χ1) is 13.7. The van der Waals surface area contributed by atoms with E-state index in [4.69, 9.17) is 0 Å². The molecular weight excluding hydrogens is 348 g/mol. The summed E-state index contributed by atoms with van der Waals surface area (Å²) in [5.74, 6) is -0.965. The second kappa shape index (κ2) is 17.9. The van der Waals surface area contributed by atoms with Crippen LogP contribution in [0.15, 0.2) is 12.2 Å². The molecule has 28 heavy (non-hydrogen) atoms. The van der Waals surface area contributed by atoms with Crippen molar-refractivity contribution in [3.8, 4) is 0 Å². The summed E-state index contributed by atoms with van der Waals surface area (Å²) in [7, 11) is 0. The van der Waals surface area contributed by atoms with Gasteiger partial charge in [0.25, 0.3) is 0 Å². The third-order valence-corrected chi connectivity index (χ3v) is 5.77. The molecular formula is C25H44O3. The second-order valence-electron chi connectivity index (χ2n) is 8.49. The molecule has 0 aromatic heterocycles. The van der Waals surface area contributed by atoms with Gasteiger partial charge in [-0.05, 0) is 19.3 Å². The van der Waals surface area contributed by atoms with Crippen molar-refractivity contribution >= 4 is 11.9 Å². The highest BCUT2D eigenvalue weighted by Gasteiger charge is 2.31. The van der Waals surface area contributed by atoms with Crippen molar-refractivity contribution in [2.75, 3.05) is 0 Å². The van der Waals surface area contributed by atoms with Crippen LogP contribution in [0.4, 0.5) is 0 Å². The number of unbranched alkanes of at least 4 members (excludes halogenated alkanes) is 16. The predicted molar refractivity (Wildman–Crippen MR) is 117 cm³/mol. The number of hydrogen-bond acceptors (Lipinski definition) is 3. The van der Waals surface area contributed by atoms with E-state index in [9.17, 15) is 9.59 Å². The topological polar surface area (TPSA) is 43.4 Å². The van der Waals surface area contributed by atoms with Crippen LogP contribution in [0.5, 0.6) is 0 Å². The van der Waals surface area contributed by atoms with Gasteiger partial charge in [-0.25, -0.2) is 0 Å². The van der Waals surface area contributed by atoms with Crippen molar-refractivity contribution in [3.05, 3.63) is 12.2 Å². The van der Waals surface area contributed by atoms with Gasteiger partial charge in [0.05, 0.1) is 12.3 Å². The monoisotopic (exact) mass is 392 g/mol. The summed E-state index contributed by atoms with van der Waals surface area (Å²) >= 11 is 0. The maximum Gasteiger partial charge on any atom is 0.317 e. The van der Waals surface area contributed by atoms with E-state index in [1.165, 1.54) is 103 Å². The number of carbonyl (C=O) groups excluding carboxylic acids is 2. The van der Waals surface area contributed by atoms with Crippen LogP contribution in [0.2, 0.25) is 0 Å². The highest BCUT2D eigenvalue weighted by atomic mass is 16.6. The standard InChI is InChI=1S/C25H44O3/c1-2-3-4-5-6-7-8-9-10-11-12-13-14-15-16-17-18-19-20-21-23-22-24(26)28-25(23)27/h19-20,23H,2-18,21-22H2,1H3/b20-19+. The molecule has 0 saturated carbocycles. The van der Waals surface area contributed by atoms with Gasteiger partial charge in [0, 0.05) is 0 Å². The number of rotatable bonds is 19. The molecule has 0 aliphatic carbocycles. The Morgan fingerprint density at radius 2 is 1.18 bits per heavy atom. The van der Waals surface area contributed by atoms with Crippen LogP contribution in [0.3, 0.4) is 0 Å². The highest BCUT2D eigenvalue weighted by molar-refractivity contribution is 5.94. The molecule has 0 aromatic rings. The maximum absolute atomic E-state index is 11.3. The second-order valence-corrected chi connectivity index (χ2v) is 8.49. The Morgan fingerprint density at radius 3 is 1.61 bits per heavy atom. The Morgan fingerprint density at radius 1 is 0.714 bits per heavy atom. The summed E-state index contributed by atoms with van der Waals surface area (Å²) in [6.45, 7) is 2.28. The fourth-order valence-corrected chi connectivity index (χ4v) is 3.89. The van der Waals surface area contributed by atoms with Gasteiger partial charge in [0.15, 0.2) is 0 Å². The third kappa shape index (κ3) is 14.0. The molecule has 0 N–H and O–H groups in total. The Kier molecular flexibility index (Phi) is 16.0. The zero-order valence-corrected chi connectivity index (χ0v) is 18.4. The van der Waals surface area contributed by atoms with E-state index in [2.05, 4.69) is 17.7 Å². The molecule has 0 radical (unpaired) electrons. The molecule has 1 aliphatic heterocycles. The molecule has 3 heteroatoms. The van der Waals surface area contributed by atoms with E-state index in [1.54, 1.807) is 0 Å². The molecule has 1 saturated heterocycles. The average Bonchev–Trinajstić information content (AvgIpc) is 3.00. The molecule has 1 unspecified atom stereocenters. The average molecular weight is 393 g/mol. The van der Waals surface area contributed by atoms with Gasteiger partial charge < -0.3 is 4.74 Å². The minimum atomic E-state index is -0.374. The van der Waals surface area contributed by atoms with Crippen LogP contribution in [0.1, 0.15) is 129 Å². The minimum absolute atomic E-state index is 0.241. The van der Waals surface area contributed by atoms with Gasteiger partial charge in [0.1, 0.15) is 0 Å². The summed E-state index contributed by atoms with van der Waals surface area (Å²) in [6.07, 6.45) is 28.5. The van der Waals surface area contributed by atoms with Crippen molar-refractivity contribution in [2.45, 2.75) is 129 Å². The number of allylic oxidation sites excluding steroid dienone is 2. The van der Waals surface area contributed by atoms with Gasteiger partial charge in [-0.3, -0.25) is 9.59 Å². The molecule has 3 nitrogen and oxygen atoms in total. The lowest BCUT2D eigenvalue weighted by atomic mass is 10.0. The first-order valence-corrected chi connectivity index (χ1v) is 12.1. The SMILES string of the molecule is CCCCCCCCCCCCCCCCCC/C=C/CC1CC(=O)OC1=O. The van der Waals surface area contributed by atoms with E-state index < -0.39 is 0 Å². The van der Waals surface area contributed by atoms with Crippen molar-refractivity contribution in [2.24, 2.45) is 5.92 Å². The lowest BCUT2D eigenvalue weighted by Crippen LogP contribution is -2.05. The number of ether oxygens (including phenoxy) is 1. The Labute approximate surface area is 173 Å². The molecule has 1 atom stereocenters. The van der Waals surface area contributed by atoms with Crippen LogP contribution in [-0.2, 0) is 14.3 Å². The smallest absolute Gasteiger partial charge is 0.317 e. The zero-order valence-electron chi connectivity index (χ0n) is 18.4. The van der Waals surface area contributed by atoms with Crippen molar-refractivity contribution in [3.63, 3.8) is 0 Å². The van der Waals surface area contributed by atoms with Gasteiger partial charge in [-0.1, -0.05) is 115 Å². The molecule has 1 heterocycles. The predicted octanol–water partition coefficient (Wildman–Crippen LogP) is 7.67. The molecule has 1 rings (SSSR count). The molecule has 1 fully saturated rings. The molecule has 162 valence electrons. The molecule has 0 amide bonds. The summed E-state index contributed by atoms with van der Waals surface area (Å²) < 4.78 is 4.55. The molecule has 0 aromatic carbocycles. The number of cyclic esters (lactones) is 2. The van der Waals surface area contributed by atoms with Crippen LogP contribution in [-0.4, -0.2) is 11.9 Å². The van der Waals surface area contributed by atoms with Crippen molar-refractivity contribution in [1.29, 1.82) is 0 Å². The van der Waals surface area contributed by atoms with E-state index in [0.717, 1.165) is 6.42 Å². The fourth-order valence-electron chi connectivity index (χ4n) is 3.89. The number of hydrogen-bond donors (Lipinski definition) is 0. The third-order valence-electron chi connectivity index (χ3n) is 5.77. The van der Waals surface area contributed by atoms with Crippen LogP contribution in [0, 0.1) is 5.92 Å². The van der Waals surface area contributed by atoms with Crippen LogP contribution >= 0.6 is 0 Å². The van der Waals surface area contributed by atoms with E-state index in [-0.39, 0.29) is 24.3 Å². The maximum atomic E-state index is 11.3. The van der Waals surface area contributed by atoms with E-state index in [1.807, 2.05) is 6.08 Å². The lowest BCUT2D eigenvalue weighted by Gasteiger charge is -2.03. The molecule has 1 aliphatic rings. The molecule has 0 spiro atoms. The fraction of sp³-hybridized carbons (Fsp3) is 0.840. The van der Waals surface area contributed by atoms with Crippen molar-refractivity contribution in [1.82, 2.24) is 0 Å². The summed E-state index contributed by atoms with van der Waals surface area (Å²) in [4.78, 5) is 22.3. The van der Waals surface area contributed by atoms with Gasteiger partial charge in [-0.2, -0.15) is 0 Å². The van der Waals surface area contributed by atoms with Crippen molar-refractivity contribution < 1.29 is 14.3 Å². The molecule has 0 bridgehead atoms. The van der Waals surface area contributed by atoms with Crippen LogP contribution < -0.4 is 0 Å². The van der Waals surface area contributed by atoms with E-state index in [0.29, 0.717) is 6.42 Å². The largest absolute Gasteiger partial charge is 0.393 e. The van der Waals surface area contributed by atoms with E-state index >= 15 is 0 Å². The normalized spacial score (nSPS) is 17.0. The first kappa shape index (κ1) is 24.9. The zero-order chi connectivity index (χ0) is 20.3. The van der Waals surface area contributed by atoms with Crippen LogP contribution in [0.25, 0.3) is 0 Å². The Bertz CT molecular complexity index is 428. The lowest BCUT2D eigenvalue weighted by molar-refractivity contribution is -0.153. The summed E-state index contributed by atoms with van der Waals surface area (Å²) in [6, 6.07) is 0. The summed E-state index contributed by atoms with van der Waals surface area (Å²) in [5.41, 5.74) is 0. The highest BCUT2D eigenvalue weighted by Crippen LogP contribution is 2.20. The first-order valence-electron chi connectivity index (χ1n) is 12.1. The van der Waals surface area contributed by atoms with Gasteiger partial charge >= 0.3 is 11.9 Å².